The zero-order valence-electron chi connectivity index (χ0n) is 15.8. The van der Waals surface area contributed by atoms with Crippen LogP contribution in [0.4, 0.5) is 6.01 Å². The highest BCUT2D eigenvalue weighted by Crippen LogP contribution is 2.21. The first-order valence-corrected chi connectivity index (χ1v) is 10.1. The number of hydrogen-bond acceptors (Lipinski definition) is 8. The van der Waals surface area contributed by atoms with Gasteiger partial charge in [-0.25, -0.2) is 8.42 Å². The van der Waals surface area contributed by atoms with Gasteiger partial charge in [0.1, 0.15) is 6.61 Å². The number of rotatable bonds is 6. The summed E-state index contributed by atoms with van der Waals surface area (Å²) in [5, 5.41) is 9.86. The molecule has 2 heterocycles. The Morgan fingerprint density at radius 3 is 2.46 bits per heavy atom. The molecule has 2 aromatic rings. The summed E-state index contributed by atoms with van der Waals surface area (Å²) in [5.41, 5.74) is 0.258. The van der Waals surface area contributed by atoms with Crippen molar-refractivity contribution in [1.82, 2.24) is 14.5 Å². The second kappa shape index (κ2) is 8.35. The van der Waals surface area contributed by atoms with Crippen LogP contribution in [-0.2, 0) is 26.1 Å². The molecule has 28 heavy (non-hydrogen) atoms. The maximum absolute atomic E-state index is 12.8. The number of carbonyl (C=O) groups is 1. The molecule has 1 aliphatic rings. The summed E-state index contributed by atoms with van der Waals surface area (Å²) >= 11 is 0. The molecular formula is C17H22N4O6S. The number of benzene rings is 1. The fourth-order valence-electron chi connectivity index (χ4n) is 2.91. The number of carbonyl (C=O) groups excluding carboxylic acids is 1. The van der Waals surface area contributed by atoms with Crippen LogP contribution >= 0.6 is 0 Å². The smallest absolute Gasteiger partial charge is 0.322 e. The van der Waals surface area contributed by atoms with Gasteiger partial charge in [0.15, 0.2) is 0 Å². The second-order valence-electron chi connectivity index (χ2n) is 6.49. The third-order valence-corrected chi connectivity index (χ3v) is 5.94. The van der Waals surface area contributed by atoms with E-state index in [1.165, 1.54) is 35.7 Å². The van der Waals surface area contributed by atoms with Crippen LogP contribution in [0.1, 0.15) is 30.1 Å². The molecule has 3 rings (SSSR count). The molecule has 1 aliphatic heterocycles. The fourth-order valence-corrected chi connectivity index (χ4v) is 4.50. The lowest BCUT2D eigenvalue weighted by Gasteiger charge is -2.34. The van der Waals surface area contributed by atoms with Crippen LogP contribution in [0, 0.1) is 0 Å². The molecular weight excluding hydrogens is 388 g/mol. The summed E-state index contributed by atoms with van der Waals surface area (Å²) in [7, 11) is -2.18. The molecule has 0 radical (unpaired) electrons. The Bertz CT molecular complexity index is 917. The van der Waals surface area contributed by atoms with Crippen molar-refractivity contribution in [3.8, 4) is 0 Å². The van der Waals surface area contributed by atoms with Gasteiger partial charge in [0.05, 0.1) is 17.1 Å². The van der Waals surface area contributed by atoms with Gasteiger partial charge in [-0.2, -0.15) is 4.31 Å². The van der Waals surface area contributed by atoms with Crippen molar-refractivity contribution in [3.05, 3.63) is 35.7 Å². The number of ether oxygens (including phenoxy) is 2. The van der Waals surface area contributed by atoms with Crippen molar-refractivity contribution in [1.29, 1.82) is 0 Å². The molecule has 1 fully saturated rings. The number of aromatic nitrogens is 2. The average Bonchev–Trinajstić information content (AvgIpc) is 3.08. The van der Waals surface area contributed by atoms with Crippen molar-refractivity contribution in [3.63, 3.8) is 0 Å². The zero-order valence-corrected chi connectivity index (χ0v) is 16.6. The molecule has 2 atom stereocenters. The molecule has 1 N–H and O–H groups in total. The van der Waals surface area contributed by atoms with E-state index in [1.54, 1.807) is 0 Å². The van der Waals surface area contributed by atoms with Gasteiger partial charge in [0.25, 0.3) is 5.91 Å². The number of sulfonamides is 1. The summed E-state index contributed by atoms with van der Waals surface area (Å²) in [4.78, 5) is 12.4. The van der Waals surface area contributed by atoms with Gasteiger partial charge >= 0.3 is 6.01 Å². The number of morpholine rings is 1. The van der Waals surface area contributed by atoms with Crippen molar-refractivity contribution >= 4 is 21.9 Å². The molecule has 1 amide bonds. The van der Waals surface area contributed by atoms with Gasteiger partial charge in [0.2, 0.25) is 15.9 Å². The van der Waals surface area contributed by atoms with Gasteiger partial charge in [-0.1, -0.05) is 5.10 Å². The summed E-state index contributed by atoms with van der Waals surface area (Å²) in [6, 6.07) is 5.60. The fraction of sp³-hybridized carbons (Fsp3) is 0.471. The Kier molecular flexibility index (Phi) is 6.08. The highest BCUT2D eigenvalue weighted by Gasteiger charge is 2.32. The van der Waals surface area contributed by atoms with E-state index in [1.807, 2.05) is 13.8 Å². The van der Waals surface area contributed by atoms with Crippen LogP contribution in [0.15, 0.2) is 33.6 Å². The molecule has 1 aromatic carbocycles. The summed E-state index contributed by atoms with van der Waals surface area (Å²) < 4.78 is 42.7. The Morgan fingerprint density at radius 2 is 1.86 bits per heavy atom. The molecule has 1 saturated heterocycles. The molecule has 11 heteroatoms. The van der Waals surface area contributed by atoms with Gasteiger partial charge in [-0.15, -0.1) is 5.10 Å². The van der Waals surface area contributed by atoms with E-state index in [-0.39, 0.29) is 54.3 Å². The van der Waals surface area contributed by atoms with Gasteiger partial charge < -0.3 is 13.9 Å². The number of methoxy groups -OCH3 is 1. The standard InChI is InChI=1S/C17H22N4O6S/c1-11-8-21(9-12(2)26-11)28(23,24)14-6-4-13(5-7-14)16(22)18-17-20-19-15(27-17)10-25-3/h4-7,11-12H,8-10H2,1-3H3,(H,18,20,22)/t11-,12-/m1/s1. The number of nitrogens with one attached hydrogen (secondary N) is 1. The average molecular weight is 410 g/mol. The lowest BCUT2D eigenvalue weighted by atomic mass is 10.2. The van der Waals surface area contributed by atoms with Crippen LogP contribution < -0.4 is 5.32 Å². The predicted molar refractivity (Wildman–Crippen MR) is 98.2 cm³/mol. The van der Waals surface area contributed by atoms with E-state index in [9.17, 15) is 13.2 Å². The van der Waals surface area contributed by atoms with Gasteiger partial charge in [-0.3, -0.25) is 10.1 Å². The summed E-state index contributed by atoms with van der Waals surface area (Å²) in [6.07, 6.45) is -0.359. The lowest BCUT2D eigenvalue weighted by Crippen LogP contribution is -2.48. The minimum absolute atomic E-state index is 0.0648. The molecule has 0 aliphatic carbocycles. The van der Waals surface area contributed by atoms with Crippen LogP contribution in [0.2, 0.25) is 0 Å². The monoisotopic (exact) mass is 410 g/mol. The van der Waals surface area contributed by atoms with Crippen molar-refractivity contribution in [2.45, 2.75) is 37.6 Å². The number of anilines is 1. The van der Waals surface area contributed by atoms with Crippen molar-refractivity contribution < 1.29 is 27.1 Å². The maximum Gasteiger partial charge on any atom is 0.322 e. The van der Waals surface area contributed by atoms with Crippen LogP contribution in [0.3, 0.4) is 0 Å². The van der Waals surface area contributed by atoms with Crippen molar-refractivity contribution in [2.24, 2.45) is 0 Å². The van der Waals surface area contributed by atoms with Crippen LogP contribution in [-0.4, -0.2) is 61.2 Å². The Morgan fingerprint density at radius 1 is 1.21 bits per heavy atom. The summed E-state index contributed by atoms with van der Waals surface area (Å²) in [5.74, 6) is -0.265. The SMILES string of the molecule is COCc1nnc(NC(=O)c2ccc(S(=O)(=O)N3C[C@@H](C)O[C@H](C)C3)cc2)o1. The third-order valence-electron chi connectivity index (χ3n) is 4.10. The summed E-state index contributed by atoms with van der Waals surface area (Å²) in [6.45, 7) is 4.38. The van der Waals surface area contributed by atoms with Crippen LogP contribution in [0.25, 0.3) is 0 Å². The first kappa shape index (κ1) is 20.4. The van der Waals surface area contributed by atoms with Crippen molar-refractivity contribution in [2.75, 3.05) is 25.5 Å². The largest absolute Gasteiger partial charge is 0.405 e. The minimum Gasteiger partial charge on any atom is -0.405 e. The predicted octanol–water partition coefficient (Wildman–Crippen LogP) is 1.27. The number of nitrogens with zero attached hydrogens (tertiary/aromatic N) is 3. The maximum atomic E-state index is 12.8. The number of amides is 1. The van der Waals surface area contributed by atoms with E-state index < -0.39 is 15.9 Å². The topological polar surface area (TPSA) is 124 Å². The molecule has 152 valence electrons. The quantitative estimate of drug-likeness (QED) is 0.755. The third kappa shape index (κ3) is 4.55. The molecule has 0 bridgehead atoms. The van der Waals surface area contributed by atoms with E-state index in [0.717, 1.165) is 0 Å². The zero-order chi connectivity index (χ0) is 20.3. The Labute approximate surface area is 162 Å². The molecule has 0 saturated carbocycles. The first-order chi connectivity index (χ1) is 13.3. The van der Waals surface area contributed by atoms with Gasteiger partial charge in [-0.05, 0) is 38.1 Å². The number of hydrogen-bond donors (Lipinski definition) is 1. The second-order valence-corrected chi connectivity index (χ2v) is 8.43. The Hall–Kier alpha value is -2.34. The van der Waals surface area contributed by atoms with Gasteiger partial charge in [0, 0.05) is 25.8 Å². The van der Waals surface area contributed by atoms with E-state index in [4.69, 9.17) is 13.9 Å². The molecule has 0 unspecified atom stereocenters. The molecule has 1 aromatic heterocycles. The van der Waals surface area contributed by atoms with E-state index >= 15 is 0 Å². The first-order valence-electron chi connectivity index (χ1n) is 8.68. The normalized spacial score (nSPS) is 20.8. The minimum atomic E-state index is -3.67. The van der Waals surface area contributed by atoms with E-state index in [0.29, 0.717) is 0 Å². The highest BCUT2D eigenvalue weighted by molar-refractivity contribution is 7.89. The highest BCUT2D eigenvalue weighted by atomic mass is 32.2. The molecule has 0 spiro atoms. The van der Waals surface area contributed by atoms with E-state index in [2.05, 4.69) is 15.5 Å². The lowest BCUT2D eigenvalue weighted by molar-refractivity contribution is -0.0440. The van der Waals surface area contributed by atoms with Crippen LogP contribution in [0.5, 0.6) is 0 Å². The molecule has 10 nitrogen and oxygen atoms in total. The Balaban J connectivity index is 1.70.